The second-order valence-electron chi connectivity index (χ2n) is 17.2. The monoisotopic (exact) mass is 816 g/mol. The molecule has 4 aliphatic rings. The van der Waals surface area contributed by atoms with Gasteiger partial charge in [0.05, 0.1) is 49.2 Å². The lowest BCUT2D eigenvalue weighted by Gasteiger charge is -2.32. The molecule has 4 N–H and O–H groups in total. The molecule has 1 unspecified atom stereocenters. The van der Waals surface area contributed by atoms with Crippen molar-refractivity contribution in [2.75, 3.05) is 14.2 Å². The van der Waals surface area contributed by atoms with Crippen molar-refractivity contribution in [1.82, 2.24) is 40.4 Å². The van der Waals surface area contributed by atoms with Crippen LogP contribution in [0.15, 0.2) is 48.7 Å². The van der Waals surface area contributed by atoms with Crippen LogP contribution in [0.4, 0.5) is 9.59 Å². The number of H-pyrrole nitrogens is 2. The Morgan fingerprint density at radius 1 is 0.800 bits per heavy atom. The Labute approximate surface area is 347 Å². The number of benzene rings is 3. The molecule has 15 nitrogen and oxygen atoms in total. The average Bonchev–Trinajstić information content (AvgIpc) is 3.54. The van der Waals surface area contributed by atoms with Crippen molar-refractivity contribution in [2.45, 2.75) is 109 Å². The number of imidazole rings is 2. The largest absolute Gasteiger partial charge is 0.488 e. The van der Waals surface area contributed by atoms with E-state index in [9.17, 15) is 19.2 Å². The predicted octanol–water partition coefficient (Wildman–Crippen LogP) is 7.28. The molecule has 0 spiro atoms. The van der Waals surface area contributed by atoms with Gasteiger partial charge in [0.2, 0.25) is 11.8 Å². The summed E-state index contributed by atoms with van der Waals surface area (Å²) < 4.78 is 16.1. The van der Waals surface area contributed by atoms with Gasteiger partial charge in [0, 0.05) is 23.0 Å². The fourth-order valence-corrected chi connectivity index (χ4v) is 9.55. The van der Waals surface area contributed by atoms with Crippen LogP contribution in [0.1, 0.15) is 95.5 Å². The van der Waals surface area contributed by atoms with Gasteiger partial charge in [0.1, 0.15) is 36.1 Å². The van der Waals surface area contributed by atoms with E-state index in [-0.39, 0.29) is 47.8 Å². The van der Waals surface area contributed by atoms with E-state index in [0.717, 1.165) is 99.9 Å². The Balaban J connectivity index is 0.965. The van der Waals surface area contributed by atoms with E-state index in [4.69, 9.17) is 24.2 Å². The fraction of sp³-hybridized carbons (Fsp3) is 0.467. The number of carbonyl (C=O) groups excluding carboxylic acids is 4. The first-order chi connectivity index (χ1) is 28.9. The van der Waals surface area contributed by atoms with Crippen molar-refractivity contribution >= 4 is 45.8 Å². The third-order valence-electron chi connectivity index (χ3n) is 13.0. The van der Waals surface area contributed by atoms with Crippen LogP contribution in [0, 0.1) is 11.8 Å². The highest BCUT2D eigenvalue weighted by molar-refractivity contribution is 6.07. The molecule has 0 bridgehead atoms. The van der Waals surface area contributed by atoms with Crippen molar-refractivity contribution < 1.29 is 33.4 Å². The molecule has 0 radical (unpaired) electrons. The number of ether oxygens (including phenoxy) is 3. The van der Waals surface area contributed by atoms with Gasteiger partial charge in [-0.3, -0.25) is 9.59 Å². The molecule has 6 atom stereocenters. The molecule has 1 saturated carbocycles. The molecule has 3 aromatic carbocycles. The van der Waals surface area contributed by atoms with Gasteiger partial charge in [-0.15, -0.1) is 0 Å². The zero-order valence-corrected chi connectivity index (χ0v) is 34.8. The molecule has 314 valence electrons. The summed E-state index contributed by atoms with van der Waals surface area (Å²) in [5, 5.41) is 7.51. The maximum atomic E-state index is 14.0. The molecule has 2 aromatic heterocycles. The van der Waals surface area contributed by atoms with Crippen LogP contribution < -0.4 is 15.4 Å². The lowest BCUT2D eigenvalue weighted by atomic mass is 9.92. The quantitative estimate of drug-likeness (QED) is 0.119. The number of aromatic amines is 2. The predicted molar refractivity (Wildman–Crippen MR) is 224 cm³/mol. The van der Waals surface area contributed by atoms with Crippen LogP contribution in [0.2, 0.25) is 0 Å². The molecule has 3 fully saturated rings. The zero-order chi connectivity index (χ0) is 42.0. The topological polar surface area (TPSA) is 184 Å². The number of fused-ring (bicyclic) bond motifs is 6. The summed E-state index contributed by atoms with van der Waals surface area (Å²) in [6, 6.07) is 12.8. The van der Waals surface area contributed by atoms with Crippen molar-refractivity contribution in [2.24, 2.45) is 11.8 Å². The molecule has 2 saturated heterocycles. The number of likely N-dealkylation sites (tertiary alicyclic amines) is 2. The standard InChI is InChI=1S/C45H52N8O7/c1-22(2)37(50-44(56)58-5)42(54)52-23(3)7-15-34(52)40-46-20-33(48-40)27-11-13-29-28(17-27)21-60-36-19-30-26(18-31(29)36)12-14-32-39(30)49-41(47-32)35-16-8-24(4)53(35)43(55)38(25-9-10-25)51-45(57)59-6/h11-14,17-20,22-25,34-35,37-38H,7-10,15-16,21H2,1-6H3,(H,46,48)(H,47,49)(H,50,56)(H,51,57)/t23-,24-,34-,35-,37?,38-/m0/s1. The van der Waals surface area contributed by atoms with Gasteiger partial charge in [-0.05, 0) is 111 Å². The highest BCUT2D eigenvalue weighted by Crippen LogP contribution is 2.45. The molecular formula is C45H52N8O7. The third-order valence-corrected chi connectivity index (χ3v) is 13.0. The van der Waals surface area contributed by atoms with Crippen molar-refractivity contribution in [3.63, 3.8) is 0 Å². The van der Waals surface area contributed by atoms with Gasteiger partial charge >= 0.3 is 12.2 Å². The minimum atomic E-state index is -0.717. The first-order valence-corrected chi connectivity index (χ1v) is 21.0. The summed E-state index contributed by atoms with van der Waals surface area (Å²) in [6.07, 6.45) is 5.57. The maximum absolute atomic E-state index is 14.0. The number of aromatic nitrogens is 4. The molecule has 1 aliphatic carbocycles. The molecule has 4 amide bonds. The first-order valence-electron chi connectivity index (χ1n) is 21.0. The van der Waals surface area contributed by atoms with Gasteiger partial charge in [0.25, 0.3) is 0 Å². The average molecular weight is 817 g/mol. The number of carbonyl (C=O) groups is 4. The molecule has 5 aromatic rings. The molecule has 3 aliphatic heterocycles. The Morgan fingerprint density at radius 3 is 2.20 bits per heavy atom. The third kappa shape index (κ3) is 6.96. The maximum Gasteiger partial charge on any atom is 0.407 e. The number of nitrogens with zero attached hydrogens (tertiary/aromatic N) is 4. The Bertz CT molecular complexity index is 2510. The Hall–Kier alpha value is -6.12. The van der Waals surface area contributed by atoms with Crippen molar-refractivity contribution in [3.8, 4) is 28.1 Å². The van der Waals surface area contributed by atoms with Crippen LogP contribution in [0.25, 0.3) is 44.2 Å². The number of nitrogens with one attached hydrogen (secondary N) is 4. The molecule has 9 rings (SSSR count). The second kappa shape index (κ2) is 15.5. The summed E-state index contributed by atoms with van der Waals surface area (Å²) in [4.78, 5) is 72.8. The van der Waals surface area contributed by atoms with Gasteiger partial charge in [-0.2, -0.15) is 0 Å². The van der Waals surface area contributed by atoms with Crippen LogP contribution in [-0.2, 0) is 25.7 Å². The smallest absolute Gasteiger partial charge is 0.407 e. The SMILES string of the molecule is COC(=O)NC(C(=O)N1[C@@H](C)CC[C@H]1c1ncc(-c2ccc3c(c2)COc2cc4c(ccc5[nH]c([C@@H]6CC[C@H](C)N6C(=O)[C@@H](NC(=O)OC)C6CC6)nc54)cc2-3)[nH]1)C(C)C. The molecular weight excluding hydrogens is 765 g/mol. The van der Waals surface area contributed by atoms with E-state index in [2.05, 4.69) is 63.9 Å². The van der Waals surface area contributed by atoms with E-state index in [1.165, 1.54) is 14.2 Å². The zero-order valence-electron chi connectivity index (χ0n) is 34.8. The highest BCUT2D eigenvalue weighted by Gasteiger charge is 2.46. The number of methoxy groups -OCH3 is 2. The number of rotatable bonds is 9. The van der Waals surface area contributed by atoms with Crippen LogP contribution >= 0.6 is 0 Å². The van der Waals surface area contributed by atoms with Crippen molar-refractivity contribution in [3.05, 3.63) is 65.9 Å². The van der Waals surface area contributed by atoms with Gasteiger partial charge in [-0.25, -0.2) is 19.6 Å². The van der Waals surface area contributed by atoms with Crippen LogP contribution in [0.5, 0.6) is 5.75 Å². The molecule has 15 heteroatoms. The van der Waals surface area contributed by atoms with E-state index in [1.807, 2.05) is 42.8 Å². The van der Waals surface area contributed by atoms with Gasteiger partial charge in [-0.1, -0.05) is 32.0 Å². The van der Waals surface area contributed by atoms with E-state index < -0.39 is 24.3 Å². The van der Waals surface area contributed by atoms with Gasteiger partial charge in [0.15, 0.2) is 0 Å². The number of hydrogen-bond donors (Lipinski definition) is 4. The summed E-state index contributed by atoms with van der Waals surface area (Å²) >= 11 is 0. The fourth-order valence-electron chi connectivity index (χ4n) is 9.55. The van der Waals surface area contributed by atoms with Crippen LogP contribution in [-0.4, -0.2) is 92.1 Å². The minimum absolute atomic E-state index is 0.00229. The van der Waals surface area contributed by atoms with Gasteiger partial charge < -0.3 is 44.6 Å². The van der Waals surface area contributed by atoms with E-state index >= 15 is 0 Å². The minimum Gasteiger partial charge on any atom is -0.488 e. The number of alkyl carbamates (subject to hydrolysis) is 2. The summed E-state index contributed by atoms with van der Waals surface area (Å²) in [5.41, 5.74) is 6.63. The number of hydrogen-bond acceptors (Lipinski definition) is 9. The summed E-state index contributed by atoms with van der Waals surface area (Å²) in [7, 11) is 2.61. The summed E-state index contributed by atoms with van der Waals surface area (Å²) in [6.45, 7) is 8.29. The van der Waals surface area contributed by atoms with Crippen molar-refractivity contribution in [1.29, 1.82) is 0 Å². The van der Waals surface area contributed by atoms with Crippen LogP contribution in [0.3, 0.4) is 0 Å². The Morgan fingerprint density at radius 2 is 1.50 bits per heavy atom. The van der Waals surface area contributed by atoms with E-state index in [0.29, 0.717) is 12.4 Å². The molecule has 5 heterocycles. The molecule has 60 heavy (non-hydrogen) atoms. The summed E-state index contributed by atoms with van der Waals surface area (Å²) in [5.74, 6) is 1.97. The first kappa shape index (κ1) is 39.3. The normalized spacial score (nSPS) is 22.0. The lowest BCUT2D eigenvalue weighted by molar-refractivity contribution is -0.138. The second-order valence-corrected chi connectivity index (χ2v) is 17.2. The van der Waals surface area contributed by atoms with E-state index in [1.54, 1.807) is 0 Å². The number of amides is 4. The Kier molecular flexibility index (Phi) is 10.2. The highest BCUT2D eigenvalue weighted by atomic mass is 16.5. The lowest BCUT2D eigenvalue weighted by Crippen LogP contribution is -2.52.